The van der Waals surface area contributed by atoms with Gasteiger partial charge in [-0.2, -0.15) is 0 Å². The molecule has 0 atom stereocenters. The van der Waals surface area contributed by atoms with Crippen LogP contribution in [0.15, 0.2) is 12.1 Å². The van der Waals surface area contributed by atoms with Gasteiger partial charge in [-0.1, -0.05) is 0 Å². The summed E-state index contributed by atoms with van der Waals surface area (Å²) >= 11 is 0. The molecule has 74 valence electrons. The van der Waals surface area contributed by atoms with Crippen LogP contribution in [0.2, 0.25) is 0 Å². The Labute approximate surface area is 82.3 Å². The van der Waals surface area contributed by atoms with Gasteiger partial charge in [0.15, 0.2) is 6.29 Å². The Kier molecular flexibility index (Phi) is 2.33. The number of halogens is 1. The van der Waals surface area contributed by atoms with Crippen molar-refractivity contribution in [2.24, 2.45) is 0 Å². The highest BCUT2D eigenvalue weighted by Gasteiger charge is 2.15. The van der Waals surface area contributed by atoms with Crippen LogP contribution in [0.4, 0.5) is 4.39 Å². The highest BCUT2D eigenvalue weighted by molar-refractivity contribution is 5.75. The van der Waals surface area contributed by atoms with Crippen LogP contribution in [0, 0.1) is 5.82 Å². The van der Waals surface area contributed by atoms with E-state index in [0.717, 1.165) is 30.6 Å². The Balaban J connectivity index is 2.46. The first-order valence-corrected chi connectivity index (χ1v) is 4.65. The number of hydrogen-bond acceptors (Lipinski definition) is 2. The van der Waals surface area contributed by atoms with Crippen LogP contribution in [0.25, 0.3) is 0 Å². The smallest absolute Gasteiger partial charge is 0.153 e. The molecule has 3 heteroatoms. The van der Waals surface area contributed by atoms with Crippen LogP contribution >= 0.6 is 0 Å². The molecule has 0 unspecified atom stereocenters. The second-order valence-electron chi connectivity index (χ2n) is 3.75. The van der Waals surface area contributed by atoms with Crippen LogP contribution in [0.5, 0.6) is 0 Å². The first-order valence-electron chi connectivity index (χ1n) is 4.65. The third kappa shape index (κ3) is 1.55. The summed E-state index contributed by atoms with van der Waals surface area (Å²) in [6, 6.07) is 3.15. The van der Waals surface area contributed by atoms with E-state index in [0.29, 0.717) is 6.29 Å². The number of benzene rings is 1. The summed E-state index contributed by atoms with van der Waals surface area (Å²) in [5, 5.41) is 0. The lowest BCUT2D eigenvalue weighted by Gasteiger charge is -2.25. The quantitative estimate of drug-likeness (QED) is 0.632. The fourth-order valence-electron chi connectivity index (χ4n) is 1.83. The number of fused-ring (bicyclic) bond motifs is 1. The SMILES string of the molecule is CN1CCc2cc(F)c(C=O)cc2C1. The largest absolute Gasteiger partial charge is 0.302 e. The van der Waals surface area contributed by atoms with Crippen molar-refractivity contribution in [2.45, 2.75) is 13.0 Å². The van der Waals surface area contributed by atoms with Gasteiger partial charge < -0.3 is 4.90 Å². The normalized spacial score (nSPS) is 16.4. The summed E-state index contributed by atoms with van der Waals surface area (Å²) in [5.74, 6) is -0.400. The summed E-state index contributed by atoms with van der Waals surface area (Å²) in [4.78, 5) is 12.7. The molecule has 1 aliphatic rings. The van der Waals surface area contributed by atoms with Crippen LogP contribution in [-0.4, -0.2) is 24.8 Å². The zero-order chi connectivity index (χ0) is 10.1. The highest BCUT2D eigenvalue weighted by Crippen LogP contribution is 2.20. The van der Waals surface area contributed by atoms with Gasteiger partial charge in [-0.25, -0.2) is 4.39 Å². The van der Waals surface area contributed by atoms with E-state index in [9.17, 15) is 9.18 Å². The van der Waals surface area contributed by atoms with Crippen molar-refractivity contribution in [1.29, 1.82) is 0 Å². The second-order valence-corrected chi connectivity index (χ2v) is 3.75. The van der Waals surface area contributed by atoms with E-state index in [4.69, 9.17) is 0 Å². The molecule has 0 saturated heterocycles. The van der Waals surface area contributed by atoms with Gasteiger partial charge in [0.05, 0.1) is 5.56 Å². The lowest BCUT2D eigenvalue weighted by atomic mass is 9.97. The van der Waals surface area contributed by atoms with Crippen LogP contribution in [-0.2, 0) is 13.0 Å². The minimum Gasteiger partial charge on any atom is -0.302 e. The summed E-state index contributed by atoms with van der Waals surface area (Å²) in [6.45, 7) is 1.75. The first-order chi connectivity index (χ1) is 6.70. The molecule has 1 aromatic rings. The molecule has 0 N–H and O–H groups in total. The van der Waals surface area contributed by atoms with Crippen molar-refractivity contribution in [3.05, 3.63) is 34.6 Å². The number of carbonyl (C=O) groups excluding carboxylic acids is 1. The van der Waals surface area contributed by atoms with Gasteiger partial charge in [-0.05, 0) is 36.7 Å². The molecule has 0 radical (unpaired) electrons. The van der Waals surface area contributed by atoms with E-state index in [1.807, 2.05) is 7.05 Å². The zero-order valence-electron chi connectivity index (χ0n) is 8.09. The van der Waals surface area contributed by atoms with E-state index < -0.39 is 5.82 Å². The lowest BCUT2D eigenvalue weighted by molar-refractivity contribution is 0.111. The molecule has 14 heavy (non-hydrogen) atoms. The van der Waals surface area contributed by atoms with Crippen LogP contribution in [0.1, 0.15) is 21.5 Å². The molecule has 2 rings (SSSR count). The summed E-state index contributed by atoms with van der Waals surface area (Å²) in [7, 11) is 2.02. The van der Waals surface area contributed by atoms with Crippen LogP contribution in [0.3, 0.4) is 0 Å². The lowest BCUT2D eigenvalue weighted by Crippen LogP contribution is -2.26. The molecule has 0 amide bonds. The van der Waals surface area contributed by atoms with Gasteiger partial charge in [-0.15, -0.1) is 0 Å². The van der Waals surface area contributed by atoms with Gasteiger partial charge in [0, 0.05) is 13.1 Å². The van der Waals surface area contributed by atoms with Crippen molar-refractivity contribution in [1.82, 2.24) is 4.90 Å². The van der Waals surface area contributed by atoms with Crippen molar-refractivity contribution >= 4 is 6.29 Å². The van der Waals surface area contributed by atoms with Crippen molar-refractivity contribution in [3.8, 4) is 0 Å². The van der Waals surface area contributed by atoms with Gasteiger partial charge in [0.25, 0.3) is 0 Å². The van der Waals surface area contributed by atoms with Gasteiger partial charge >= 0.3 is 0 Å². The minimum absolute atomic E-state index is 0.166. The topological polar surface area (TPSA) is 20.3 Å². The Morgan fingerprint density at radius 3 is 2.93 bits per heavy atom. The Hall–Kier alpha value is -1.22. The molecule has 0 fully saturated rings. The van der Waals surface area contributed by atoms with Gasteiger partial charge in [0.1, 0.15) is 5.82 Å². The monoisotopic (exact) mass is 193 g/mol. The molecule has 0 bridgehead atoms. The third-order valence-corrected chi connectivity index (χ3v) is 2.65. The molecule has 0 aliphatic carbocycles. The van der Waals surface area contributed by atoms with Crippen LogP contribution < -0.4 is 0 Å². The molecule has 1 aromatic carbocycles. The first kappa shape index (κ1) is 9.34. The van der Waals surface area contributed by atoms with E-state index in [-0.39, 0.29) is 5.56 Å². The van der Waals surface area contributed by atoms with Gasteiger partial charge in [-0.3, -0.25) is 4.79 Å². The molecule has 1 heterocycles. The number of rotatable bonds is 1. The Bertz CT molecular complexity index is 376. The fourth-order valence-corrected chi connectivity index (χ4v) is 1.83. The summed E-state index contributed by atoms with van der Waals surface area (Å²) in [5.41, 5.74) is 2.27. The maximum absolute atomic E-state index is 13.2. The average Bonchev–Trinajstić information content (AvgIpc) is 2.17. The summed E-state index contributed by atoms with van der Waals surface area (Å²) < 4.78 is 13.2. The Morgan fingerprint density at radius 2 is 2.21 bits per heavy atom. The number of likely N-dealkylation sites (N-methyl/N-ethyl adjacent to an activating group) is 1. The number of hydrogen-bond donors (Lipinski definition) is 0. The van der Waals surface area contributed by atoms with E-state index in [2.05, 4.69) is 4.90 Å². The predicted octanol–water partition coefficient (Wildman–Crippen LogP) is 1.63. The minimum atomic E-state index is -0.400. The molecule has 0 saturated carbocycles. The molecule has 1 aliphatic heterocycles. The van der Waals surface area contributed by atoms with Crippen molar-refractivity contribution < 1.29 is 9.18 Å². The fraction of sp³-hybridized carbons (Fsp3) is 0.364. The average molecular weight is 193 g/mol. The van der Waals surface area contributed by atoms with E-state index in [1.54, 1.807) is 6.07 Å². The number of aldehydes is 1. The van der Waals surface area contributed by atoms with E-state index in [1.165, 1.54) is 6.07 Å². The molecular formula is C11H12FNO. The molecular weight excluding hydrogens is 181 g/mol. The summed E-state index contributed by atoms with van der Waals surface area (Å²) in [6.07, 6.45) is 1.44. The van der Waals surface area contributed by atoms with Gasteiger partial charge in [0.2, 0.25) is 0 Å². The standard InChI is InChI=1S/C11H12FNO/c1-13-3-2-8-5-11(12)10(7-14)4-9(8)6-13/h4-5,7H,2-3,6H2,1H3. The molecule has 2 nitrogen and oxygen atoms in total. The van der Waals surface area contributed by atoms with Crippen molar-refractivity contribution in [2.75, 3.05) is 13.6 Å². The second kappa shape index (κ2) is 3.50. The zero-order valence-corrected chi connectivity index (χ0v) is 8.09. The third-order valence-electron chi connectivity index (χ3n) is 2.65. The number of carbonyl (C=O) groups is 1. The number of nitrogens with zero attached hydrogens (tertiary/aromatic N) is 1. The Morgan fingerprint density at radius 1 is 1.43 bits per heavy atom. The van der Waals surface area contributed by atoms with Crippen molar-refractivity contribution in [3.63, 3.8) is 0 Å². The highest BCUT2D eigenvalue weighted by atomic mass is 19.1. The van der Waals surface area contributed by atoms with E-state index >= 15 is 0 Å². The molecule has 0 spiro atoms. The maximum atomic E-state index is 13.2. The maximum Gasteiger partial charge on any atom is 0.153 e. The molecule has 0 aromatic heterocycles. The predicted molar refractivity (Wildman–Crippen MR) is 51.8 cm³/mol.